The van der Waals surface area contributed by atoms with E-state index in [2.05, 4.69) is 81.2 Å². The van der Waals surface area contributed by atoms with Gasteiger partial charge in [-0.3, -0.25) is 4.90 Å². The van der Waals surface area contributed by atoms with Crippen LogP contribution < -0.4 is 0 Å². The van der Waals surface area contributed by atoms with E-state index in [-0.39, 0.29) is 6.10 Å². The second kappa shape index (κ2) is 11.6. The van der Waals surface area contributed by atoms with E-state index in [9.17, 15) is 5.11 Å². The van der Waals surface area contributed by atoms with Crippen molar-refractivity contribution in [1.82, 2.24) is 9.80 Å². The Bertz CT molecular complexity index is 970. The van der Waals surface area contributed by atoms with Gasteiger partial charge < -0.3 is 10.0 Å². The third-order valence-electron chi connectivity index (χ3n) is 7.86. The van der Waals surface area contributed by atoms with Crippen molar-refractivity contribution in [3.05, 3.63) is 94.2 Å². The fourth-order valence-corrected chi connectivity index (χ4v) is 6.80. The molecule has 3 unspecified atom stereocenters. The van der Waals surface area contributed by atoms with Crippen LogP contribution in [0.15, 0.2) is 77.5 Å². The highest BCUT2D eigenvalue weighted by molar-refractivity contribution is 7.08. The molecule has 2 aromatic carbocycles. The fraction of sp³-hybridized carbons (Fsp3) is 0.467. The van der Waals surface area contributed by atoms with E-state index in [1.807, 2.05) is 17.4 Å². The Morgan fingerprint density at radius 3 is 2.24 bits per heavy atom. The fourth-order valence-electron chi connectivity index (χ4n) is 6.07. The van der Waals surface area contributed by atoms with Crippen molar-refractivity contribution in [2.45, 2.75) is 44.2 Å². The van der Waals surface area contributed by atoms with Gasteiger partial charge in [0.1, 0.15) is 0 Å². The number of hydrogen-bond acceptors (Lipinski definition) is 4. The summed E-state index contributed by atoms with van der Waals surface area (Å²) in [5.74, 6) is 1.99. The molecule has 2 aliphatic heterocycles. The van der Waals surface area contributed by atoms with Gasteiger partial charge in [0.15, 0.2) is 0 Å². The number of hydrogen-bond donors (Lipinski definition) is 1. The zero-order valence-corrected chi connectivity index (χ0v) is 21.0. The molecule has 0 amide bonds. The highest BCUT2D eigenvalue weighted by atomic mass is 32.1. The van der Waals surface area contributed by atoms with Crippen molar-refractivity contribution in [1.29, 1.82) is 0 Å². The molecule has 1 aromatic heterocycles. The third kappa shape index (κ3) is 6.37. The van der Waals surface area contributed by atoms with Gasteiger partial charge in [0.05, 0.1) is 6.10 Å². The van der Waals surface area contributed by atoms with E-state index < -0.39 is 0 Å². The van der Waals surface area contributed by atoms with Crippen molar-refractivity contribution < 1.29 is 5.11 Å². The quantitative estimate of drug-likeness (QED) is 0.433. The van der Waals surface area contributed by atoms with E-state index in [1.165, 1.54) is 62.3 Å². The topological polar surface area (TPSA) is 26.7 Å². The molecule has 34 heavy (non-hydrogen) atoms. The summed E-state index contributed by atoms with van der Waals surface area (Å²) in [4.78, 5) is 5.37. The van der Waals surface area contributed by atoms with Crippen LogP contribution in [-0.4, -0.2) is 53.7 Å². The highest BCUT2D eigenvalue weighted by Gasteiger charge is 2.35. The Hall–Kier alpha value is -1.98. The SMILES string of the molecule is OC(Cc1ccccc1)CC1CCN(CC2CN(Cc3ccccc3)CC2c2ccsc2)CC1. The van der Waals surface area contributed by atoms with Crippen LogP contribution in [0.3, 0.4) is 0 Å². The number of aliphatic hydroxyl groups is 1. The van der Waals surface area contributed by atoms with Crippen molar-refractivity contribution in [2.75, 3.05) is 32.7 Å². The molecule has 2 fully saturated rings. The number of likely N-dealkylation sites (tertiary alicyclic amines) is 2. The van der Waals surface area contributed by atoms with Gasteiger partial charge in [-0.25, -0.2) is 0 Å². The average molecular weight is 475 g/mol. The lowest BCUT2D eigenvalue weighted by molar-refractivity contribution is 0.101. The average Bonchev–Trinajstić information content (AvgIpc) is 3.52. The number of thiophene rings is 1. The number of nitrogens with zero attached hydrogens (tertiary/aromatic N) is 2. The first-order chi connectivity index (χ1) is 16.7. The Kier molecular flexibility index (Phi) is 8.13. The molecule has 2 aliphatic rings. The van der Waals surface area contributed by atoms with Crippen molar-refractivity contribution >= 4 is 11.3 Å². The second-order valence-corrected chi connectivity index (χ2v) is 11.2. The Morgan fingerprint density at radius 1 is 0.853 bits per heavy atom. The van der Waals surface area contributed by atoms with Crippen LogP contribution in [0.25, 0.3) is 0 Å². The van der Waals surface area contributed by atoms with Gasteiger partial charge in [-0.1, -0.05) is 60.7 Å². The summed E-state index contributed by atoms with van der Waals surface area (Å²) in [5, 5.41) is 15.2. The van der Waals surface area contributed by atoms with Gasteiger partial charge in [-0.15, -0.1) is 0 Å². The Labute approximate surface area is 209 Å². The predicted molar refractivity (Wildman–Crippen MR) is 142 cm³/mol. The zero-order chi connectivity index (χ0) is 23.2. The molecule has 4 heteroatoms. The van der Waals surface area contributed by atoms with Crippen LogP contribution in [0.2, 0.25) is 0 Å². The van der Waals surface area contributed by atoms with Crippen LogP contribution in [0.5, 0.6) is 0 Å². The molecule has 0 spiro atoms. The standard InChI is InChI=1S/C30H38N2OS/c33-29(17-24-7-3-1-4-8-24)18-25-11-14-31(15-12-25)20-28-21-32(19-26-9-5-2-6-10-26)22-30(28)27-13-16-34-23-27/h1-10,13,16,23,25,28-30,33H,11-12,14-15,17-22H2. The molecular formula is C30H38N2OS. The van der Waals surface area contributed by atoms with Crippen molar-refractivity contribution in [3.8, 4) is 0 Å². The molecule has 0 radical (unpaired) electrons. The molecule has 0 saturated carbocycles. The van der Waals surface area contributed by atoms with Crippen molar-refractivity contribution in [3.63, 3.8) is 0 Å². The maximum atomic E-state index is 10.6. The summed E-state index contributed by atoms with van der Waals surface area (Å²) in [7, 11) is 0. The van der Waals surface area contributed by atoms with E-state index in [1.54, 1.807) is 0 Å². The molecule has 3 aromatic rings. The van der Waals surface area contributed by atoms with Crippen LogP contribution >= 0.6 is 11.3 Å². The summed E-state index contributed by atoms with van der Waals surface area (Å²) >= 11 is 1.83. The summed E-state index contributed by atoms with van der Waals surface area (Å²) in [5.41, 5.74) is 4.19. The maximum absolute atomic E-state index is 10.6. The summed E-state index contributed by atoms with van der Waals surface area (Å²) < 4.78 is 0. The Balaban J connectivity index is 1.12. The van der Waals surface area contributed by atoms with Gasteiger partial charge in [-0.2, -0.15) is 11.3 Å². The minimum Gasteiger partial charge on any atom is -0.393 e. The van der Waals surface area contributed by atoms with Gasteiger partial charge in [-0.05, 0) is 84.1 Å². The molecule has 2 saturated heterocycles. The van der Waals surface area contributed by atoms with Crippen LogP contribution in [0.1, 0.15) is 41.9 Å². The van der Waals surface area contributed by atoms with Gasteiger partial charge >= 0.3 is 0 Å². The molecule has 3 atom stereocenters. The first kappa shape index (κ1) is 23.7. The Morgan fingerprint density at radius 2 is 1.56 bits per heavy atom. The number of piperidine rings is 1. The minimum atomic E-state index is -0.219. The number of rotatable bonds is 9. The lowest BCUT2D eigenvalue weighted by atomic mass is 9.87. The predicted octanol–water partition coefficient (Wildman–Crippen LogP) is 5.67. The van der Waals surface area contributed by atoms with Crippen LogP contribution in [-0.2, 0) is 13.0 Å². The lowest BCUT2D eigenvalue weighted by Crippen LogP contribution is -2.39. The second-order valence-electron chi connectivity index (χ2n) is 10.4. The zero-order valence-electron chi connectivity index (χ0n) is 20.1. The molecule has 180 valence electrons. The summed E-state index contributed by atoms with van der Waals surface area (Å²) in [6, 6.07) is 23.7. The van der Waals surface area contributed by atoms with E-state index >= 15 is 0 Å². The van der Waals surface area contributed by atoms with Crippen LogP contribution in [0.4, 0.5) is 0 Å². The molecular weight excluding hydrogens is 436 g/mol. The molecule has 1 N–H and O–H groups in total. The molecule has 5 rings (SSSR count). The minimum absolute atomic E-state index is 0.219. The third-order valence-corrected chi connectivity index (χ3v) is 8.56. The van der Waals surface area contributed by atoms with E-state index in [4.69, 9.17) is 0 Å². The highest BCUT2D eigenvalue weighted by Crippen LogP contribution is 2.36. The molecule has 0 aliphatic carbocycles. The number of benzene rings is 2. The molecule has 3 heterocycles. The summed E-state index contributed by atoms with van der Waals surface area (Å²) in [6.45, 7) is 6.95. The van der Waals surface area contributed by atoms with Gasteiger partial charge in [0.2, 0.25) is 0 Å². The monoisotopic (exact) mass is 474 g/mol. The lowest BCUT2D eigenvalue weighted by Gasteiger charge is -2.35. The van der Waals surface area contributed by atoms with Crippen molar-refractivity contribution in [2.24, 2.45) is 11.8 Å². The molecule has 0 bridgehead atoms. The van der Waals surface area contributed by atoms with E-state index in [0.717, 1.165) is 19.4 Å². The largest absolute Gasteiger partial charge is 0.393 e. The number of aliphatic hydroxyl groups excluding tert-OH is 1. The van der Waals surface area contributed by atoms with Gasteiger partial charge in [0, 0.05) is 32.1 Å². The maximum Gasteiger partial charge on any atom is 0.0583 e. The van der Waals surface area contributed by atoms with E-state index in [0.29, 0.717) is 17.8 Å². The molecule has 3 nitrogen and oxygen atoms in total. The summed E-state index contributed by atoms with van der Waals surface area (Å²) in [6.07, 6.45) is 3.94. The first-order valence-electron chi connectivity index (χ1n) is 13.0. The normalized spacial score (nSPS) is 23.3. The first-order valence-corrected chi connectivity index (χ1v) is 13.9. The smallest absolute Gasteiger partial charge is 0.0583 e. The van der Waals surface area contributed by atoms with Crippen LogP contribution in [0, 0.1) is 11.8 Å². The van der Waals surface area contributed by atoms with Gasteiger partial charge in [0.25, 0.3) is 0 Å².